The third kappa shape index (κ3) is 5.90. The van der Waals surface area contributed by atoms with Gasteiger partial charge in [0.2, 0.25) is 0 Å². The maximum atomic E-state index is 10.3. The Morgan fingerprint density at radius 2 is 1.74 bits per heavy atom. The molecule has 0 amide bonds. The minimum absolute atomic E-state index is 0.276. The number of allylic oxidation sites excluding steroid dienone is 2. The molecule has 0 spiro atoms. The van der Waals surface area contributed by atoms with Crippen molar-refractivity contribution >= 4 is 0 Å². The lowest BCUT2D eigenvalue weighted by molar-refractivity contribution is 0.0905. The van der Waals surface area contributed by atoms with Gasteiger partial charge in [0, 0.05) is 0 Å². The van der Waals surface area contributed by atoms with Crippen LogP contribution in [0.3, 0.4) is 0 Å². The lowest BCUT2D eigenvalue weighted by Crippen LogP contribution is -2.30. The Morgan fingerprint density at radius 1 is 1.00 bits per heavy atom. The quantitative estimate of drug-likeness (QED) is 0.731. The van der Waals surface area contributed by atoms with E-state index in [-0.39, 0.29) is 6.61 Å². The molecule has 0 radical (unpaired) electrons. The Bertz CT molecular complexity index is 755. The smallest absolute Gasteiger partial charge is 0.122 e. The van der Waals surface area contributed by atoms with Crippen LogP contribution in [0.4, 0.5) is 0 Å². The lowest BCUT2D eigenvalue weighted by Gasteiger charge is -2.22. The van der Waals surface area contributed by atoms with E-state index in [0.29, 0.717) is 6.54 Å². The number of aryl methyl sites for hydroxylation is 2. The Kier molecular flexibility index (Phi) is 6.94. The standard InChI is InChI=1S/C23H27NO3/c1-26-22-13-10-19(11-14-22)9-12-20-7-3-4-8-23(20)27-18-21(25)17-24-15-5-2-6-16-24/h3-8,10-11,13-16,21,25H,2,9,12,17-18H2,1H3. The molecule has 0 saturated heterocycles. The molecule has 4 nitrogen and oxygen atoms in total. The van der Waals surface area contributed by atoms with Crippen molar-refractivity contribution in [1.82, 2.24) is 4.90 Å². The minimum Gasteiger partial charge on any atom is -0.497 e. The number of ether oxygens (including phenoxy) is 2. The number of benzene rings is 2. The van der Waals surface area contributed by atoms with E-state index in [0.717, 1.165) is 36.3 Å². The van der Waals surface area contributed by atoms with E-state index >= 15 is 0 Å². The van der Waals surface area contributed by atoms with Crippen molar-refractivity contribution in [3.05, 3.63) is 84.2 Å². The fourth-order valence-corrected chi connectivity index (χ4v) is 3.05. The summed E-state index contributed by atoms with van der Waals surface area (Å²) < 4.78 is 11.1. The highest BCUT2D eigenvalue weighted by Gasteiger charge is 2.11. The summed E-state index contributed by atoms with van der Waals surface area (Å²) in [5, 5.41) is 10.3. The lowest BCUT2D eigenvalue weighted by atomic mass is 10.0. The Balaban J connectivity index is 1.52. The SMILES string of the molecule is COc1ccc(CCc2ccccc2OCC(O)CN2C=CCC=C2)cc1. The Labute approximate surface area is 161 Å². The van der Waals surface area contributed by atoms with Crippen LogP contribution in [0.5, 0.6) is 11.5 Å². The highest BCUT2D eigenvalue weighted by Crippen LogP contribution is 2.21. The number of hydrogen-bond acceptors (Lipinski definition) is 4. The molecule has 0 saturated carbocycles. The van der Waals surface area contributed by atoms with Crippen LogP contribution >= 0.6 is 0 Å². The number of para-hydroxylation sites is 1. The van der Waals surface area contributed by atoms with Gasteiger partial charge in [-0.1, -0.05) is 42.5 Å². The number of nitrogens with zero attached hydrogens (tertiary/aromatic N) is 1. The van der Waals surface area contributed by atoms with Crippen molar-refractivity contribution in [2.75, 3.05) is 20.3 Å². The average molecular weight is 365 g/mol. The third-order valence-corrected chi connectivity index (χ3v) is 4.53. The first-order valence-electron chi connectivity index (χ1n) is 9.35. The van der Waals surface area contributed by atoms with Gasteiger partial charge in [-0.25, -0.2) is 0 Å². The topological polar surface area (TPSA) is 41.9 Å². The van der Waals surface area contributed by atoms with Gasteiger partial charge in [0.15, 0.2) is 0 Å². The first-order chi connectivity index (χ1) is 13.2. The van der Waals surface area contributed by atoms with Crippen LogP contribution in [-0.4, -0.2) is 36.4 Å². The average Bonchev–Trinajstić information content (AvgIpc) is 2.72. The summed E-state index contributed by atoms with van der Waals surface area (Å²) in [5.41, 5.74) is 2.41. The molecule has 0 aliphatic carbocycles. The van der Waals surface area contributed by atoms with Gasteiger partial charge in [0.1, 0.15) is 24.2 Å². The normalized spacial score (nSPS) is 14.2. The van der Waals surface area contributed by atoms with E-state index in [2.05, 4.69) is 30.4 Å². The monoisotopic (exact) mass is 365 g/mol. The molecule has 1 aliphatic rings. The van der Waals surface area contributed by atoms with Gasteiger partial charge < -0.3 is 19.5 Å². The molecule has 0 fully saturated rings. The van der Waals surface area contributed by atoms with Crippen molar-refractivity contribution in [3.8, 4) is 11.5 Å². The fourth-order valence-electron chi connectivity index (χ4n) is 3.05. The number of β-amino-alcohol motifs (C(OH)–C–C–N with tert-alkyl or cyclic N) is 1. The van der Waals surface area contributed by atoms with Crippen LogP contribution in [0, 0.1) is 0 Å². The van der Waals surface area contributed by atoms with Gasteiger partial charge in [0.25, 0.3) is 0 Å². The molecule has 2 aromatic rings. The molecular formula is C23H27NO3. The molecule has 3 rings (SSSR count). The summed E-state index contributed by atoms with van der Waals surface area (Å²) in [6.07, 6.45) is 10.3. The van der Waals surface area contributed by atoms with Gasteiger partial charge >= 0.3 is 0 Å². The zero-order valence-corrected chi connectivity index (χ0v) is 15.8. The molecule has 142 valence electrons. The zero-order valence-electron chi connectivity index (χ0n) is 15.8. The van der Waals surface area contributed by atoms with Crippen molar-refractivity contribution in [1.29, 1.82) is 0 Å². The Hall–Kier alpha value is -2.72. The molecule has 1 atom stereocenters. The second-order valence-corrected chi connectivity index (χ2v) is 6.62. The fraction of sp³-hybridized carbons (Fsp3) is 0.304. The second kappa shape index (κ2) is 9.83. The highest BCUT2D eigenvalue weighted by atomic mass is 16.5. The van der Waals surface area contributed by atoms with Crippen molar-refractivity contribution in [2.24, 2.45) is 0 Å². The highest BCUT2D eigenvalue weighted by molar-refractivity contribution is 5.35. The van der Waals surface area contributed by atoms with E-state index < -0.39 is 6.10 Å². The first-order valence-corrected chi connectivity index (χ1v) is 9.35. The predicted molar refractivity (Wildman–Crippen MR) is 108 cm³/mol. The molecule has 0 bridgehead atoms. The van der Waals surface area contributed by atoms with Gasteiger partial charge in [0.05, 0.1) is 13.7 Å². The van der Waals surface area contributed by atoms with Crippen LogP contribution in [0.1, 0.15) is 17.5 Å². The minimum atomic E-state index is -0.549. The van der Waals surface area contributed by atoms with Gasteiger partial charge in [-0.3, -0.25) is 0 Å². The van der Waals surface area contributed by atoms with Gasteiger partial charge in [-0.2, -0.15) is 0 Å². The van der Waals surface area contributed by atoms with Crippen LogP contribution in [0.25, 0.3) is 0 Å². The molecule has 27 heavy (non-hydrogen) atoms. The number of hydrogen-bond donors (Lipinski definition) is 1. The summed E-state index contributed by atoms with van der Waals surface area (Å²) in [6.45, 7) is 0.804. The van der Waals surface area contributed by atoms with Crippen molar-refractivity contribution in [2.45, 2.75) is 25.4 Å². The number of aliphatic hydroxyl groups is 1. The summed E-state index contributed by atoms with van der Waals surface area (Å²) in [7, 11) is 1.68. The Morgan fingerprint density at radius 3 is 2.48 bits per heavy atom. The summed E-state index contributed by atoms with van der Waals surface area (Å²) in [4.78, 5) is 1.98. The van der Waals surface area contributed by atoms with Crippen LogP contribution in [0.2, 0.25) is 0 Å². The first kappa shape index (κ1) is 19.1. The number of rotatable bonds is 9. The zero-order chi connectivity index (χ0) is 18.9. The maximum absolute atomic E-state index is 10.3. The molecule has 1 unspecified atom stereocenters. The summed E-state index contributed by atoms with van der Waals surface area (Å²) in [6, 6.07) is 16.2. The molecule has 1 N–H and O–H groups in total. The predicted octanol–water partition coefficient (Wildman–Crippen LogP) is 3.95. The van der Waals surface area contributed by atoms with E-state index in [4.69, 9.17) is 9.47 Å². The van der Waals surface area contributed by atoms with Crippen LogP contribution < -0.4 is 9.47 Å². The van der Waals surface area contributed by atoms with Gasteiger partial charge in [-0.05, 0) is 61.0 Å². The van der Waals surface area contributed by atoms with Crippen molar-refractivity contribution in [3.63, 3.8) is 0 Å². The van der Waals surface area contributed by atoms with E-state index in [1.54, 1.807) is 7.11 Å². The van der Waals surface area contributed by atoms with E-state index in [1.165, 1.54) is 5.56 Å². The molecule has 2 aromatic carbocycles. The second-order valence-electron chi connectivity index (χ2n) is 6.62. The summed E-state index contributed by atoms with van der Waals surface area (Å²) in [5.74, 6) is 1.71. The summed E-state index contributed by atoms with van der Waals surface area (Å²) >= 11 is 0. The molecular weight excluding hydrogens is 338 g/mol. The molecule has 4 heteroatoms. The van der Waals surface area contributed by atoms with Crippen molar-refractivity contribution < 1.29 is 14.6 Å². The molecule has 1 heterocycles. The largest absolute Gasteiger partial charge is 0.497 e. The number of methoxy groups -OCH3 is 1. The van der Waals surface area contributed by atoms with Crippen LogP contribution in [-0.2, 0) is 12.8 Å². The van der Waals surface area contributed by atoms with E-state index in [1.807, 2.05) is 47.6 Å². The molecule has 1 aliphatic heterocycles. The third-order valence-electron chi connectivity index (χ3n) is 4.53. The number of aliphatic hydroxyl groups excluding tert-OH is 1. The van der Waals surface area contributed by atoms with Gasteiger partial charge in [-0.15, -0.1) is 0 Å². The van der Waals surface area contributed by atoms with E-state index in [9.17, 15) is 5.11 Å². The maximum Gasteiger partial charge on any atom is 0.122 e. The van der Waals surface area contributed by atoms with Crippen LogP contribution in [0.15, 0.2) is 73.1 Å². The molecule has 0 aromatic heterocycles.